The van der Waals surface area contributed by atoms with E-state index in [0.717, 1.165) is 7.11 Å². The Labute approximate surface area is 174 Å². The topological polar surface area (TPSA) is 76.2 Å². The Hall–Kier alpha value is -2.26. The second kappa shape index (κ2) is 6.91. The first-order chi connectivity index (χ1) is 13.7. The largest absolute Gasteiger partial charge is 0.466 e. The smallest absolute Gasteiger partial charge is 0.360 e. The maximum Gasteiger partial charge on any atom is 0.360 e. The summed E-state index contributed by atoms with van der Waals surface area (Å²) in [6, 6.07) is 10.2. The van der Waals surface area contributed by atoms with E-state index in [1.54, 1.807) is 18.2 Å². The number of alkyl halides is 1. The summed E-state index contributed by atoms with van der Waals surface area (Å²) in [5, 5.41) is -3.04. The number of fused-ring (bicyclic) bond motifs is 3. The molecule has 2 aromatic carbocycles. The molecule has 1 aliphatic carbocycles. The first-order valence-corrected chi connectivity index (χ1v) is 11.0. The molecule has 29 heavy (non-hydrogen) atoms. The van der Waals surface area contributed by atoms with Crippen LogP contribution in [0.3, 0.4) is 0 Å². The number of nitrogens with one attached hydrogen (secondary N) is 1. The molecule has 152 valence electrons. The minimum absolute atomic E-state index is 0.0707. The van der Waals surface area contributed by atoms with E-state index in [1.165, 1.54) is 24.3 Å². The van der Waals surface area contributed by atoms with E-state index in [2.05, 4.69) is 25.7 Å². The van der Waals surface area contributed by atoms with Crippen molar-refractivity contribution >= 4 is 42.6 Å². The van der Waals surface area contributed by atoms with Crippen molar-refractivity contribution < 1.29 is 26.7 Å². The van der Waals surface area contributed by atoms with E-state index in [0.29, 0.717) is 16.8 Å². The van der Waals surface area contributed by atoms with Crippen LogP contribution in [-0.2, 0) is 32.2 Å². The zero-order chi connectivity index (χ0) is 21.0. The Morgan fingerprint density at radius 1 is 1.21 bits per heavy atom. The standard InChI is InChI=1S/C20H16BrF2NO4S/c1-28-19(25)20(23,29(26,27)12-5-3-2-4-6-12)11-9-13-16(10-11)24-15-8-7-14(21)18(22)17(13)15/h2-8,11,24H,9-10H2,1H3. The number of aromatic nitrogens is 1. The highest BCUT2D eigenvalue weighted by molar-refractivity contribution is 9.10. The fraction of sp³-hybridized carbons (Fsp3) is 0.250. The summed E-state index contributed by atoms with van der Waals surface area (Å²) >= 11 is 3.13. The van der Waals surface area contributed by atoms with Gasteiger partial charge in [0.2, 0.25) is 9.84 Å². The number of H-pyrrole nitrogens is 1. The number of esters is 1. The molecule has 1 N–H and O–H groups in total. The molecule has 0 fully saturated rings. The maximum atomic E-state index is 16.2. The lowest BCUT2D eigenvalue weighted by atomic mass is 9.98. The number of carbonyl (C=O) groups excluding carboxylic acids is 1. The predicted molar refractivity (Wildman–Crippen MR) is 106 cm³/mol. The van der Waals surface area contributed by atoms with E-state index >= 15 is 4.39 Å². The van der Waals surface area contributed by atoms with Crippen LogP contribution in [0.4, 0.5) is 8.78 Å². The zero-order valence-electron chi connectivity index (χ0n) is 15.2. The van der Waals surface area contributed by atoms with Crippen LogP contribution in [0.2, 0.25) is 0 Å². The Kier molecular flexibility index (Phi) is 4.77. The number of halogens is 3. The number of hydrogen-bond acceptors (Lipinski definition) is 4. The molecule has 0 radical (unpaired) electrons. The minimum Gasteiger partial charge on any atom is -0.466 e. The van der Waals surface area contributed by atoms with Gasteiger partial charge in [-0.15, -0.1) is 0 Å². The lowest BCUT2D eigenvalue weighted by Gasteiger charge is -2.28. The molecular formula is C20H16BrF2NO4S. The number of benzene rings is 2. The Morgan fingerprint density at radius 2 is 1.90 bits per heavy atom. The zero-order valence-corrected chi connectivity index (χ0v) is 17.6. The van der Waals surface area contributed by atoms with Gasteiger partial charge in [-0.2, -0.15) is 0 Å². The molecule has 0 spiro atoms. The van der Waals surface area contributed by atoms with Gasteiger partial charge in [0.05, 0.1) is 16.5 Å². The third-order valence-electron chi connectivity index (χ3n) is 5.38. The fourth-order valence-corrected chi connectivity index (χ4v) is 6.07. The summed E-state index contributed by atoms with van der Waals surface area (Å²) in [6.45, 7) is 0. The number of aromatic amines is 1. The van der Waals surface area contributed by atoms with Crippen molar-refractivity contribution in [1.29, 1.82) is 0 Å². The molecule has 1 heterocycles. The normalized spacial score (nSPS) is 18.4. The Morgan fingerprint density at radius 3 is 2.55 bits per heavy atom. The van der Waals surface area contributed by atoms with Gasteiger partial charge >= 0.3 is 11.0 Å². The molecule has 5 nitrogen and oxygen atoms in total. The van der Waals surface area contributed by atoms with Gasteiger partial charge in [0.25, 0.3) is 0 Å². The number of hydrogen-bond donors (Lipinski definition) is 1. The van der Waals surface area contributed by atoms with Gasteiger partial charge in [-0.25, -0.2) is 22.0 Å². The molecule has 1 aliphatic rings. The summed E-state index contributed by atoms with van der Waals surface area (Å²) in [5.41, 5.74) is 1.51. The number of methoxy groups -OCH3 is 1. The van der Waals surface area contributed by atoms with Gasteiger partial charge in [0.15, 0.2) is 0 Å². The van der Waals surface area contributed by atoms with Crippen molar-refractivity contribution in [3.8, 4) is 0 Å². The highest BCUT2D eigenvalue weighted by Gasteiger charge is 2.60. The van der Waals surface area contributed by atoms with E-state index in [9.17, 15) is 17.6 Å². The highest BCUT2D eigenvalue weighted by atomic mass is 79.9. The summed E-state index contributed by atoms with van der Waals surface area (Å²) in [6.07, 6.45) is -0.195. The van der Waals surface area contributed by atoms with Crippen LogP contribution < -0.4 is 0 Å². The van der Waals surface area contributed by atoms with E-state index < -0.39 is 32.5 Å². The Balaban J connectivity index is 1.83. The van der Waals surface area contributed by atoms with Gasteiger partial charge in [-0.1, -0.05) is 18.2 Å². The van der Waals surface area contributed by atoms with Gasteiger partial charge in [0.1, 0.15) is 5.82 Å². The minimum atomic E-state index is -4.72. The van der Waals surface area contributed by atoms with Crippen LogP contribution in [0.25, 0.3) is 10.9 Å². The summed E-state index contributed by atoms with van der Waals surface area (Å²) in [7, 11) is -3.78. The average molecular weight is 484 g/mol. The van der Waals surface area contributed by atoms with Crippen LogP contribution >= 0.6 is 15.9 Å². The van der Waals surface area contributed by atoms with Gasteiger partial charge < -0.3 is 9.72 Å². The molecule has 0 bridgehead atoms. The SMILES string of the molecule is COC(=O)C(F)(C1Cc2[nH]c3ccc(Br)c(F)c3c2C1)S(=O)(=O)c1ccccc1. The number of sulfone groups is 1. The van der Waals surface area contributed by atoms with Crippen LogP contribution in [0, 0.1) is 11.7 Å². The molecule has 2 atom stereocenters. The molecule has 9 heteroatoms. The molecule has 4 rings (SSSR count). The Bertz CT molecular complexity index is 1230. The predicted octanol–water partition coefficient (Wildman–Crippen LogP) is 4.10. The number of carbonyl (C=O) groups is 1. The summed E-state index contributed by atoms with van der Waals surface area (Å²) in [5.74, 6) is -3.26. The van der Waals surface area contributed by atoms with E-state index in [4.69, 9.17) is 0 Å². The second-order valence-corrected chi connectivity index (χ2v) is 9.85. The van der Waals surface area contributed by atoms with Crippen LogP contribution in [0.15, 0.2) is 51.8 Å². The summed E-state index contributed by atoms with van der Waals surface area (Å²) < 4.78 is 61.9. The summed E-state index contributed by atoms with van der Waals surface area (Å²) in [4.78, 5) is 15.1. The van der Waals surface area contributed by atoms with Crippen molar-refractivity contribution in [3.63, 3.8) is 0 Å². The van der Waals surface area contributed by atoms with Crippen molar-refractivity contribution in [2.75, 3.05) is 7.11 Å². The van der Waals surface area contributed by atoms with Crippen molar-refractivity contribution in [2.24, 2.45) is 5.92 Å². The molecule has 2 unspecified atom stereocenters. The molecule has 0 amide bonds. The second-order valence-electron chi connectivity index (χ2n) is 6.92. The van der Waals surface area contributed by atoms with E-state index in [-0.39, 0.29) is 27.6 Å². The molecule has 1 aromatic heterocycles. The molecule has 0 saturated heterocycles. The fourth-order valence-electron chi connectivity index (χ4n) is 3.97. The molecule has 0 aliphatic heterocycles. The maximum absolute atomic E-state index is 16.2. The van der Waals surface area contributed by atoms with Crippen LogP contribution in [-0.4, -0.2) is 31.5 Å². The number of rotatable bonds is 4. The van der Waals surface area contributed by atoms with Crippen molar-refractivity contribution in [2.45, 2.75) is 22.7 Å². The average Bonchev–Trinajstić information content (AvgIpc) is 3.28. The quantitative estimate of drug-likeness (QED) is 0.566. The lowest BCUT2D eigenvalue weighted by Crippen LogP contribution is -2.50. The molecular weight excluding hydrogens is 468 g/mol. The van der Waals surface area contributed by atoms with Crippen LogP contribution in [0.5, 0.6) is 0 Å². The molecule has 0 saturated carbocycles. The van der Waals surface area contributed by atoms with Crippen molar-refractivity contribution in [1.82, 2.24) is 4.98 Å². The van der Waals surface area contributed by atoms with Gasteiger partial charge in [0, 0.05) is 22.5 Å². The van der Waals surface area contributed by atoms with Crippen LogP contribution in [0.1, 0.15) is 11.3 Å². The third-order valence-corrected chi connectivity index (χ3v) is 8.17. The van der Waals surface area contributed by atoms with Gasteiger partial charge in [-0.3, -0.25) is 0 Å². The number of ether oxygens (including phenoxy) is 1. The van der Waals surface area contributed by atoms with Crippen molar-refractivity contribution in [3.05, 3.63) is 64.0 Å². The van der Waals surface area contributed by atoms with E-state index in [1.807, 2.05) is 0 Å². The van der Waals surface area contributed by atoms with Gasteiger partial charge in [-0.05, 0) is 58.6 Å². The highest BCUT2D eigenvalue weighted by Crippen LogP contribution is 2.45. The molecule has 3 aromatic rings. The lowest BCUT2D eigenvalue weighted by molar-refractivity contribution is -0.151. The third kappa shape index (κ3) is 2.82. The first kappa shape index (κ1) is 20.0. The first-order valence-electron chi connectivity index (χ1n) is 8.76. The monoisotopic (exact) mass is 483 g/mol.